The van der Waals surface area contributed by atoms with Gasteiger partial charge in [-0.3, -0.25) is 9.69 Å². The van der Waals surface area contributed by atoms with Gasteiger partial charge in [-0.15, -0.1) is 0 Å². The first-order valence-corrected chi connectivity index (χ1v) is 8.40. The third kappa shape index (κ3) is 3.76. The smallest absolute Gasteiger partial charge is 0.238 e. The van der Waals surface area contributed by atoms with Gasteiger partial charge in [-0.1, -0.05) is 13.3 Å². The maximum atomic E-state index is 12.0. The normalized spacial score (nSPS) is 37.8. The van der Waals surface area contributed by atoms with E-state index in [1.54, 1.807) is 0 Å². The fraction of sp³-hybridized carbons (Fsp3) is 0.938. The number of nitrogens with zero attached hydrogens (tertiary/aromatic N) is 1. The van der Waals surface area contributed by atoms with E-state index >= 15 is 0 Å². The number of carbonyl (C=O) groups is 1. The molecule has 3 N–H and O–H groups in total. The van der Waals surface area contributed by atoms with Crippen molar-refractivity contribution >= 4 is 5.91 Å². The lowest BCUT2D eigenvalue weighted by Gasteiger charge is -2.38. The van der Waals surface area contributed by atoms with Crippen LogP contribution in [0.15, 0.2) is 0 Å². The first-order valence-electron chi connectivity index (χ1n) is 8.40. The summed E-state index contributed by atoms with van der Waals surface area (Å²) in [6, 6.07) is 0. The van der Waals surface area contributed by atoms with Gasteiger partial charge in [-0.2, -0.15) is 0 Å². The molecule has 5 nitrogen and oxygen atoms in total. The lowest BCUT2D eigenvalue weighted by Crippen LogP contribution is -2.58. The summed E-state index contributed by atoms with van der Waals surface area (Å²) in [6.07, 6.45) is 4.72. The third-order valence-electron chi connectivity index (χ3n) is 5.04. The van der Waals surface area contributed by atoms with E-state index < -0.39 is 5.54 Å². The van der Waals surface area contributed by atoms with Crippen LogP contribution < -0.4 is 11.1 Å². The largest absolute Gasteiger partial charge is 0.373 e. The first kappa shape index (κ1) is 16.7. The van der Waals surface area contributed by atoms with Crippen LogP contribution in [0.2, 0.25) is 0 Å². The lowest BCUT2D eigenvalue weighted by atomic mass is 9.83. The van der Waals surface area contributed by atoms with E-state index in [0.717, 1.165) is 51.9 Å². The molecule has 0 radical (unpaired) electrons. The molecule has 21 heavy (non-hydrogen) atoms. The van der Waals surface area contributed by atoms with E-state index in [-0.39, 0.29) is 5.91 Å². The van der Waals surface area contributed by atoms with Crippen molar-refractivity contribution in [3.05, 3.63) is 0 Å². The van der Waals surface area contributed by atoms with Gasteiger partial charge in [0, 0.05) is 13.1 Å². The summed E-state index contributed by atoms with van der Waals surface area (Å²) in [4.78, 5) is 14.5. The molecule has 1 amide bonds. The van der Waals surface area contributed by atoms with Crippen LogP contribution in [0.1, 0.15) is 46.5 Å². The summed E-state index contributed by atoms with van der Waals surface area (Å²) in [6.45, 7) is 10.1. The fourth-order valence-corrected chi connectivity index (χ4v) is 4.23. The molecule has 1 aliphatic carbocycles. The Labute approximate surface area is 128 Å². The maximum absolute atomic E-state index is 12.0. The van der Waals surface area contributed by atoms with Crippen LogP contribution in [0.5, 0.6) is 0 Å². The van der Waals surface area contributed by atoms with Crippen LogP contribution in [-0.2, 0) is 9.53 Å². The zero-order valence-electron chi connectivity index (χ0n) is 13.7. The van der Waals surface area contributed by atoms with Crippen molar-refractivity contribution in [1.29, 1.82) is 0 Å². The van der Waals surface area contributed by atoms with Gasteiger partial charge in [0.25, 0.3) is 0 Å². The molecular formula is C16H31N3O2. The number of rotatable bonds is 6. The summed E-state index contributed by atoms with van der Waals surface area (Å²) in [5, 5.41) is 3.40. The maximum Gasteiger partial charge on any atom is 0.238 e. The van der Waals surface area contributed by atoms with Crippen LogP contribution in [0.4, 0.5) is 0 Å². The average molecular weight is 297 g/mol. The molecule has 4 atom stereocenters. The molecule has 1 aliphatic heterocycles. The number of nitrogens with two attached hydrogens (primary N) is 1. The Balaban J connectivity index is 1.93. The van der Waals surface area contributed by atoms with Crippen LogP contribution >= 0.6 is 0 Å². The molecule has 5 heteroatoms. The van der Waals surface area contributed by atoms with Gasteiger partial charge in [0.2, 0.25) is 5.91 Å². The van der Waals surface area contributed by atoms with E-state index in [1.165, 1.54) is 0 Å². The fourth-order valence-electron chi connectivity index (χ4n) is 4.23. The third-order valence-corrected chi connectivity index (χ3v) is 5.04. The van der Waals surface area contributed by atoms with E-state index in [4.69, 9.17) is 10.5 Å². The van der Waals surface area contributed by atoms with Gasteiger partial charge in [-0.25, -0.2) is 0 Å². The zero-order chi connectivity index (χ0) is 15.5. The van der Waals surface area contributed by atoms with Crippen molar-refractivity contribution in [3.8, 4) is 0 Å². The SMILES string of the molecule is CCNC1(C(N)=O)CCCC1CCN1CC(C)OC(C)C1. The van der Waals surface area contributed by atoms with Crippen molar-refractivity contribution < 1.29 is 9.53 Å². The quantitative estimate of drug-likeness (QED) is 0.771. The Hall–Kier alpha value is -0.650. The highest BCUT2D eigenvalue weighted by Crippen LogP contribution is 2.38. The highest BCUT2D eigenvalue weighted by molar-refractivity contribution is 5.85. The summed E-state index contributed by atoms with van der Waals surface area (Å²) in [5.74, 6) is 0.193. The van der Waals surface area contributed by atoms with Crippen LogP contribution in [0, 0.1) is 5.92 Å². The summed E-state index contributed by atoms with van der Waals surface area (Å²) in [7, 11) is 0. The number of morpholine rings is 1. The Morgan fingerprint density at radius 1 is 1.38 bits per heavy atom. The highest BCUT2D eigenvalue weighted by atomic mass is 16.5. The summed E-state index contributed by atoms with van der Waals surface area (Å²) >= 11 is 0. The molecule has 0 aromatic carbocycles. The van der Waals surface area contributed by atoms with Crippen molar-refractivity contribution in [1.82, 2.24) is 10.2 Å². The van der Waals surface area contributed by atoms with Gasteiger partial charge in [-0.05, 0) is 52.1 Å². The van der Waals surface area contributed by atoms with Gasteiger partial charge in [0.15, 0.2) is 0 Å². The molecule has 1 saturated carbocycles. The topological polar surface area (TPSA) is 67.6 Å². The van der Waals surface area contributed by atoms with Gasteiger partial charge < -0.3 is 15.8 Å². The summed E-state index contributed by atoms with van der Waals surface area (Å²) in [5.41, 5.74) is 5.25. The Kier molecular flexibility index (Phi) is 5.63. The Bertz CT molecular complexity index is 353. The summed E-state index contributed by atoms with van der Waals surface area (Å²) < 4.78 is 5.78. The molecule has 2 rings (SSSR count). The number of nitrogens with one attached hydrogen (secondary N) is 1. The molecule has 1 saturated heterocycles. The minimum atomic E-state index is -0.474. The second-order valence-corrected chi connectivity index (χ2v) is 6.76. The zero-order valence-corrected chi connectivity index (χ0v) is 13.7. The minimum Gasteiger partial charge on any atom is -0.373 e. The van der Waals surface area contributed by atoms with E-state index in [1.807, 2.05) is 6.92 Å². The number of carbonyl (C=O) groups excluding carboxylic acids is 1. The lowest BCUT2D eigenvalue weighted by molar-refractivity contribution is -0.126. The van der Waals surface area contributed by atoms with Crippen molar-refractivity contribution in [3.63, 3.8) is 0 Å². The standard InChI is InChI=1S/C16H31N3O2/c1-4-18-16(15(17)20)8-5-6-14(16)7-9-19-10-12(2)21-13(3)11-19/h12-14,18H,4-11H2,1-3H3,(H2,17,20). The Morgan fingerprint density at radius 2 is 2.05 bits per heavy atom. The van der Waals surface area contributed by atoms with E-state index in [2.05, 4.69) is 24.1 Å². The van der Waals surface area contributed by atoms with Crippen molar-refractivity contribution in [2.75, 3.05) is 26.2 Å². The number of ether oxygens (including phenoxy) is 1. The van der Waals surface area contributed by atoms with E-state index in [9.17, 15) is 4.79 Å². The molecule has 4 unspecified atom stereocenters. The molecule has 122 valence electrons. The number of amides is 1. The molecule has 2 fully saturated rings. The van der Waals surface area contributed by atoms with Gasteiger partial charge in [0.1, 0.15) is 5.54 Å². The molecular weight excluding hydrogens is 266 g/mol. The van der Waals surface area contributed by atoms with E-state index in [0.29, 0.717) is 18.1 Å². The van der Waals surface area contributed by atoms with Gasteiger partial charge in [0.05, 0.1) is 12.2 Å². The average Bonchev–Trinajstić information content (AvgIpc) is 2.80. The highest BCUT2D eigenvalue weighted by Gasteiger charge is 2.46. The molecule has 1 heterocycles. The van der Waals surface area contributed by atoms with Crippen molar-refractivity contribution in [2.45, 2.75) is 64.2 Å². The first-order chi connectivity index (χ1) is 9.98. The van der Waals surface area contributed by atoms with Crippen molar-refractivity contribution in [2.24, 2.45) is 11.7 Å². The number of hydrogen-bond acceptors (Lipinski definition) is 4. The number of primary amides is 1. The molecule has 0 spiro atoms. The second-order valence-electron chi connectivity index (χ2n) is 6.76. The molecule has 0 aromatic rings. The molecule has 2 aliphatic rings. The van der Waals surface area contributed by atoms with Crippen LogP contribution in [0.3, 0.4) is 0 Å². The monoisotopic (exact) mass is 297 g/mol. The van der Waals surface area contributed by atoms with Crippen LogP contribution in [0.25, 0.3) is 0 Å². The second kappa shape index (κ2) is 7.07. The predicted octanol–water partition coefficient (Wildman–Crippen LogP) is 1.12. The number of likely N-dealkylation sites (N-methyl/N-ethyl adjacent to an activating group) is 1. The molecule has 0 aromatic heterocycles. The van der Waals surface area contributed by atoms with Gasteiger partial charge >= 0.3 is 0 Å². The molecule has 0 bridgehead atoms. The predicted molar refractivity (Wildman–Crippen MR) is 84.0 cm³/mol. The Morgan fingerprint density at radius 3 is 2.62 bits per heavy atom. The number of hydrogen-bond donors (Lipinski definition) is 2. The van der Waals surface area contributed by atoms with Crippen LogP contribution in [-0.4, -0.2) is 54.7 Å². The minimum absolute atomic E-state index is 0.171.